The highest BCUT2D eigenvalue weighted by molar-refractivity contribution is 6.32. The molecule has 146 valence electrons. The fourth-order valence-corrected chi connectivity index (χ4v) is 2.93. The predicted octanol–water partition coefficient (Wildman–Crippen LogP) is 4.56. The number of furan rings is 1. The molecule has 0 radical (unpaired) electrons. The Balaban J connectivity index is 2.03. The molecular weight excluding hydrogens is 382 g/mol. The van der Waals surface area contributed by atoms with Gasteiger partial charge in [-0.15, -0.1) is 11.6 Å². The van der Waals surface area contributed by atoms with Crippen LogP contribution in [-0.2, 0) is 4.79 Å². The first kappa shape index (κ1) is 19.8. The monoisotopic (exact) mass is 401 g/mol. The summed E-state index contributed by atoms with van der Waals surface area (Å²) in [6, 6.07) is 10.2. The van der Waals surface area contributed by atoms with Crippen LogP contribution in [0.3, 0.4) is 0 Å². The molecule has 28 heavy (non-hydrogen) atoms. The minimum Gasteiger partial charge on any atom is -0.497 e. The number of hydrogen-bond donors (Lipinski definition) is 1. The zero-order valence-electron chi connectivity index (χ0n) is 16.0. The lowest BCUT2D eigenvalue weighted by molar-refractivity contribution is -0.115. The van der Waals surface area contributed by atoms with Crippen LogP contribution in [0.4, 0.5) is 5.69 Å². The van der Waals surface area contributed by atoms with Gasteiger partial charge in [0, 0.05) is 22.7 Å². The highest BCUT2D eigenvalue weighted by Crippen LogP contribution is 2.32. The van der Waals surface area contributed by atoms with Gasteiger partial charge in [-0.05, 0) is 44.2 Å². The smallest absolute Gasteiger partial charge is 0.242 e. The molecule has 1 amide bonds. The lowest BCUT2D eigenvalue weighted by Gasteiger charge is -2.08. The molecule has 0 fully saturated rings. The van der Waals surface area contributed by atoms with E-state index in [-0.39, 0.29) is 17.5 Å². The molecule has 3 rings (SSSR count). The van der Waals surface area contributed by atoms with Crippen LogP contribution >= 0.6 is 11.6 Å². The first-order chi connectivity index (χ1) is 13.3. The fraction of sp³-hybridized carbons (Fsp3) is 0.238. The molecule has 0 saturated heterocycles. The van der Waals surface area contributed by atoms with Crippen LogP contribution in [0, 0.1) is 6.92 Å². The van der Waals surface area contributed by atoms with Gasteiger partial charge in [0.2, 0.25) is 11.7 Å². The Bertz CT molecular complexity index is 1050. The molecule has 0 aliphatic heterocycles. The molecule has 1 aromatic heterocycles. The first-order valence-corrected chi connectivity index (χ1v) is 9.04. The van der Waals surface area contributed by atoms with E-state index in [0.29, 0.717) is 33.9 Å². The number of nitrogens with one attached hydrogen (secondary N) is 1. The standard InChI is InChI=1S/C21H20ClNO5/c1-11-15-7-5-13(23-21(25)12(2)22)9-18(15)28-20(11)19(24)16-10-14(26-3)6-8-17(16)27-4/h5-10,12H,1-4H3,(H,23,25). The minimum absolute atomic E-state index is 0.204. The normalized spacial score (nSPS) is 11.9. The maximum Gasteiger partial charge on any atom is 0.242 e. The van der Waals surface area contributed by atoms with Gasteiger partial charge in [0.1, 0.15) is 22.5 Å². The number of halogens is 1. The van der Waals surface area contributed by atoms with Crippen molar-refractivity contribution in [1.29, 1.82) is 0 Å². The molecular formula is C21H20ClNO5. The topological polar surface area (TPSA) is 77.8 Å². The fourth-order valence-electron chi connectivity index (χ4n) is 2.88. The summed E-state index contributed by atoms with van der Waals surface area (Å²) in [6.45, 7) is 3.40. The molecule has 3 aromatic rings. The summed E-state index contributed by atoms with van der Waals surface area (Å²) in [5.74, 6) is 0.537. The molecule has 6 nitrogen and oxygen atoms in total. The van der Waals surface area contributed by atoms with Crippen molar-refractivity contribution in [2.45, 2.75) is 19.2 Å². The summed E-state index contributed by atoms with van der Waals surface area (Å²) in [5.41, 5.74) is 2.07. The zero-order chi connectivity index (χ0) is 20.4. The van der Waals surface area contributed by atoms with Gasteiger partial charge in [-0.2, -0.15) is 0 Å². The molecule has 1 heterocycles. The number of carbonyl (C=O) groups is 2. The van der Waals surface area contributed by atoms with Gasteiger partial charge in [0.05, 0.1) is 19.8 Å². The average Bonchev–Trinajstić information content (AvgIpc) is 3.02. The van der Waals surface area contributed by atoms with Gasteiger partial charge in [-0.3, -0.25) is 9.59 Å². The summed E-state index contributed by atoms with van der Waals surface area (Å²) in [5, 5.41) is 2.82. The van der Waals surface area contributed by atoms with Crippen molar-refractivity contribution in [2.24, 2.45) is 0 Å². The van der Waals surface area contributed by atoms with E-state index in [1.165, 1.54) is 14.2 Å². The van der Waals surface area contributed by atoms with Crippen molar-refractivity contribution in [3.63, 3.8) is 0 Å². The van der Waals surface area contributed by atoms with E-state index in [4.69, 9.17) is 25.5 Å². The number of anilines is 1. The summed E-state index contributed by atoms with van der Waals surface area (Å²) >= 11 is 5.79. The van der Waals surface area contributed by atoms with Crippen LogP contribution in [0.15, 0.2) is 40.8 Å². The molecule has 7 heteroatoms. The lowest BCUT2D eigenvalue weighted by atomic mass is 10.0. The second kappa shape index (κ2) is 7.94. The summed E-state index contributed by atoms with van der Waals surface area (Å²) in [6.07, 6.45) is 0. The first-order valence-electron chi connectivity index (χ1n) is 8.60. The van der Waals surface area contributed by atoms with Gasteiger partial charge in [0.15, 0.2) is 5.76 Å². The van der Waals surface area contributed by atoms with Crippen molar-refractivity contribution in [2.75, 3.05) is 19.5 Å². The van der Waals surface area contributed by atoms with Crippen molar-refractivity contribution in [3.8, 4) is 11.5 Å². The van der Waals surface area contributed by atoms with Gasteiger partial charge in [0.25, 0.3) is 0 Å². The molecule has 0 aliphatic carbocycles. The zero-order valence-corrected chi connectivity index (χ0v) is 16.7. The van der Waals surface area contributed by atoms with E-state index in [1.807, 2.05) is 6.92 Å². The van der Waals surface area contributed by atoms with Crippen LogP contribution in [0.2, 0.25) is 0 Å². The van der Waals surface area contributed by atoms with Crippen LogP contribution in [0.5, 0.6) is 11.5 Å². The minimum atomic E-state index is -0.660. The number of benzene rings is 2. The van der Waals surface area contributed by atoms with Gasteiger partial charge < -0.3 is 19.2 Å². The number of ether oxygens (including phenoxy) is 2. The van der Waals surface area contributed by atoms with Gasteiger partial charge in [-0.1, -0.05) is 0 Å². The van der Waals surface area contributed by atoms with E-state index in [9.17, 15) is 9.59 Å². The Morgan fingerprint density at radius 3 is 2.50 bits per heavy atom. The Morgan fingerprint density at radius 1 is 1.11 bits per heavy atom. The van der Waals surface area contributed by atoms with Gasteiger partial charge in [-0.25, -0.2) is 0 Å². The molecule has 2 aromatic carbocycles. The van der Waals surface area contributed by atoms with Crippen molar-refractivity contribution in [3.05, 3.63) is 53.3 Å². The molecule has 1 unspecified atom stereocenters. The van der Waals surface area contributed by atoms with Crippen LogP contribution in [-0.4, -0.2) is 31.3 Å². The third-order valence-corrected chi connectivity index (χ3v) is 4.62. The van der Waals surface area contributed by atoms with Crippen LogP contribution in [0.1, 0.15) is 28.6 Å². The number of amides is 1. The highest BCUT2D eigenvalue weighted by atomic mass is 35.5. The lowest BCUT2D eigenvalue weighted by Crippen LogP contribution is -2.20. The third kappa shape index (κ3) is 3.68. The molecule has 0 aliphatic rings. The second-order valence-corrected chi connectivity index (χ2v) is 6.92. The SMILES string of the molecule is COc1ccc(OC)c(C(=O)c2oc3cc(NC(=O)C(C)Cl)ccc3c2C)c1. The molecule has 0 spiro atoms. The Morgan fingerprint density at radius 2 is 1.86 bits per heavy atom. The third-order valence-electron chi connectivity index (χ3n) is 4.42. The second-order valence-electron chi connectivity index (χ2n) is 6.27. The van der Waals surface area contributed by atoms with Crippen molar-refractivity contribution >= 4 is 39.9 Å². The quantitative estimate of drug-likeness (QED) is 0.484. The number of alkyl halides is 1. The van der Waals surface area contributed by atoms with Crippen LogP contribution in [0.25, 0.3) is 11.0 Å². The van der Waals surface area contributed by atoms with Crippen molar-refractivity contribution in [1.82, 2.24) is 0 Å². The van der Waals surface area contributed by atoms with E-state index in [0.717, 1.165) is 5.39 Å². The number of carbonyl (C=O) groups excluding carboxylic acids is 2. The van der Waals surface area contributed by atoms with Crippen LogP contribution < -0.4 is 14.8 Å². The molecule has 1 atom stereocenters. The molecule has 0 bridgehead atoms. The molecule has 1 N–H and O–H groups in total. The number of fused-ring (bicyclic) bond motifs is 1. The van der Waals surface area contributed by atoms with Crippen molar-refractivity contribution < 1.29 is 23.5 Å². The average molecular weight is 402 g/mol. The van der Waals surface area contributed by atoms with E-state index in [2.05, 4.69) is 5.32 Å². The van der Waals surface area contributed by atoms with Gasteiger partial charge >= 0.3 is 0 Å². The number of ketones is 1. The largest absolute Gasteiger partial charge is 0.497 e. The predicted molar refractivity (Wildman–Crippen MR) is 108 cm³/mol. The number of rotatable bonds is 6. The van der Waals surface area contributed by atoms with E-state index < -0.39 is 5.38 Å². The van der Waals surface area contributed by atoms with E-state index >= 15 is 0 Å². The number of aryl methyl sites for hydroxylation is 1. The van der Waals surface area contributed by atoms with E-state index in [1.54, 1.807) is 43.3 Å². The number of hydrogen-bond acceptors (Lipinski definition) is 5. The molecule has 0 saturated carbocycles. The summed E-state index contributed by atoms with van der Waals surface area (Å²) < 4.78 is 16.4. The summed E-state index contributed by atoms with van der Waals surface area (Å²) in [7, 11) is 3.02. The summed E-state index contributed by atoms with van der Waals surface area (Å²) in [4.78, 5) is 24.9. The Hall–Kier alpha value is -2.99. The Kier molecular flexibility index (Phi) is 5.61. The maximum absolute atomic E-state index is 13.1. The number of methoxy groups -OCH3 is 2. The maximum atomic E-state index is 13.1. The Labute approximate surface area is 167 Å². The highest BCUT2D eigenvalue weighted by Gasteiger charge is 2.23.